The summed E-state index contributed by atoms with van der Waals surface area (Å²) >= 11 is 10.8. The number of carboxylic acids is 1. The molecule has 2 rings (SSSR count). The molecule has 1 N–H and O–H groups in total. The third kappa shape index (κ3) is 4.15. The number of hydrogen-bond donors (Lipinski definition) is 1. The molecule has 0 heterocycles. The number of thioether (sulfide) groups is 1. The van der Waals surface area contributed by atoms with Gasteiger partial charge in [0.05, 0.1) is 12.7 Å². The Hall–Kier alpha value is -1.17. The zero-order valence-electron chi connectivity index (χ0n) is 11.1. The molecule has 0 saturated heterocycles. The van der Waals surface area contributed by atoms with E-state index in [1.54, 1.807) is 25.3 Å². The van der Waals surface area contributed by atoms with E-state index in [1.807, 2.05) is 18.2 Å². The van der Waals surface area contributed by atoms with Crippen LogP contribution in [0.4, 0.5) is 0 Å². The first-order valence-corrected chi connectivity index (χ1v) is 8.15. The van der Waals surface area contributed by atoms with E-state index in [4.69, 9.17) is 21.4 Å². The smallest absolute Gasteiger partial charge is 0.336 e. The van der Waals surface area contributed by atoms with Crippen molar-refractivity contribution >= 4 is 45.3 Å². The van der Waals surface area contributed by atoms with Crippen molar-refractivity contribution < 1.29 is 14.6 Å². The molecule has 110 valence electrons. The van der Waals surface area contributed by atoms with Crippen LogP contribution in [0.2, 0.25) is 5.02 Å². The molecule has 0 aliphatic rings. The van der Waals surface area contributed by atoms with Gasteiger partial charge in [-0.25, -0.2) is 4.79 Å². The van der Waals surface area contributed by atoms with Crippen LogP contribution in [0.25, 0.3) is 0 Å². The molecule has 3 nitrogen and oxygen atoms in total. The van der Waals surface area contributed by atoms with Gasteiger partial charge in [-0.15, -0.1) is 11.8 Å². The van der Waals surface area contributed by atoms with Gasteiger partial charge in [0.25, 0.3) is 0 Å². The van der Waals surface area contributed by atoms with Crippen LogP contribution in [0.1, 0.15) is 15.9 Å². The predicted octanol–water partition coefficient (Wildman–Crippen LogP) is 5.10. The van der Waals surface area contributed by atoms with Crippen LogP contribution in [0.3, 0.4) is 0 Å². The number of halogens is 2. The summed E-state index contributed by atoms with van der Waals surface area (Å²) in [5.74, 6) is 0.455. The lowest BCUT2D eigenvalue weighted by molar-refractivity contribution is 0.0695. The number of methoxy groups -OCH3 is 1. The minimum Gasteiger partial charge on any atom is -0.496 e. The molecule has 0 saturated carbocycles. The van der Waals surface area contributed by atoms with Crippen molar-refractivity contribution in [3.63, 3.8) is 0 Å². The minimum atomic E-state index is -0.954. The molecule has 21 heavy (non-hydrogen) atoms. The Balaban J connectivity index is 2.19. The molecular formula is C15H12BrClO3S. The fraction of sp³-hybridized carbons (Fsp3) is 0.133. The average molecular weight is 388 g/mol. The van der Waals surface area contributed by atoms with Gasteiger partial charge >= 0.3 is 5.97 Å². The van der Waals surface area contributed by atoms with Gasteiger partial charge in [0.15, 0.2) is 0 Å². The summed E-state index contributed by atoms with van der Waals surface area (Å²) in [4.78, 5) is 12.0. The minimum absolute atomic E-state index is 0.248. The summed E-state index contributed by atoms with van der Waals surface area (Å²) in [6.07, 6.45) is 0. The Bertz CT molecular complexity index is 676. The van der Waals surface area contributed by atoms with E-state index < -0.39 is 5.97 Å². The van der Waals surface area contributed by atoms with Gasteiger partial charge in [0.2, 0.25) is 0 Å². The summed E-state index contributed by atoms with van der Waals surface area (Å²) in [5, 5.41) is 9.76. The fourth-order valence-corrected chi connectivity index (χ4v) is 3.30. The second kappa shape index (κ2) is 7.20. The number of hydrogen-bond acceptors (Lipinski definition) is 3. The monoisotopic (exact) mass is 386 g/mol. The van der Waals surface area contributed by atoms with E-state index >= 15 is 0 Å². The summed E-state index contributed by atoms with van der Waals surface area (Å²) in [7, 11) is 1.61. The Morgan fingerprint density at radius 1 is 1.33 bits per heavy atom. The van der Waals surface area contributed by atoms with E-state index in [1.165, 1.54) is 11.8 Å². The van der Waals surface area contributed by atoms with E-state index in [0.717, 1.165) is 16.2 Å². The number of carbonyl (C=O) groups is 1. The van der Waals surface area contributed by atoms with Gasteiger partial charge in [-0.05, 0) is 52.3 Å². The maximum absolute atomic E-state index is 11.1. The van der Waals surface area contributed by atoms with Crippen molar-refractivity contribution in [3.05, 3.63) is 57.0 Å². The molecule has 0 aliphatic carbocycles. The second-order valence-corrected chi connectivity index (χ2v) is 6.53. The van der Waals surface area contributed by atoms with Crippen molar-refractivity contribution in [1.29, 1.82) is 0 Å². The van der Waals surface area contributed by atoms with Gasteiger partial charge in [-0.3, -0.25) is 0 Å². The molecule has 0 fully saturated rings. The lowest BCUT2D eigenvalue weighted by Gasteiger charge is -2.09. The highest BCUT2D eigenvalue weighted by atomic mass is 79.9. The van der Waals surface area contributed by atoms with Crippen LogP contribution in [-0.2, 0) is 5.75 Å². The summed E-state index contributed by atoms with van der Waals surface area (Å²) < 4.78 is 5.87. The quantitative estimate of drug-likeness (QED) is 0.725. The topological polar surface area (TPSA) is 46.5 Å². The third-order valence-electron chi connectivity index (χ3n) is 2.81. The van der Waals surface area contributed by atoms with Gasteiger partial charge in [0.1, 0.15) is 5.75 Å². The highest BCUT2D eigenvalue weighted by Crippen LogP contribution is 2.31. The van der Waals surface area contributed by atoms with Gasteiger partial charge < -0.3 is 9.84 Å². The average Bonchev–Trinajstić information content (AvgIpc) is 2.46. The van der Waals surface area contributed by atoms with Crippen molar-refractivity contribution in [1.82, 2.24) is 0 Å². The molecule has 0 aromatic heterocycles. The van der Waals surface area contributed by atoms with Crippen molar-refractivity contribution in [2.45, 2.75) is 10.6 Å². The highest BCUT2D eigenvalue weighted by molar-refractivity contribution is 9.10. The van der Waals surface area contributed by atoms with Crippen molar-refractivity contribution in [2.75, 3.05) is 7.11 Å². The molecular weight excluding hydrogens is 376 g/mol. The molecule has 2 aromatic carbocycles. The van der Waals surface area contributed by atoms with Crippen LogP contribution >= 0.6 is 39.3 Å². The zero-order chi connectivity index (χ0) is 15.4. The Morgan fingerprint density at radius 2 is 2.10 bits per heavy atom. The van der Waals surface area contributed by atoms with Gasteiger partial charge in [-0.2, -0.15) is 0 Å². The summed E-state index contributed by atoms with van der Waals surface area (Å²) in [6.45, 7) is 0. The SMILES string of the molecule is COc1ccc(Cl)cc1CSc1ccc(Br)c(C(=O)O)c1. The lowest BCUT2D eigenvalue weighted by Crippen LogP contribution is -1.97. The Kier molecular flexibility index (Phi) is 5.56. The Labute approximate surface area is 140 Å². The maximum atomic E-state index is 11.1. The molecule has 6 heteroatoms. The fourth-order valence-electron chi connectivity index (χ4n) is 1.78. The summed E-state index contributed by atoms with van der Waals surface area (Å²) in [5.41, 5.74) is 1.22. The largest absolute Gasteiger partial charge is 0.496 e. The molecule has 0 atom stereocenters. The lowest BCUT2D eigenvalue weighted by atomic mass is 10.2. The van der Waals surface area contributed by atoms with E-state index in [0.29, 0.717) is 15.2 Å². The van der Waals surface area contributed by atoms with E-state index in [-0.39, 0.29) is 5.56 Å². The molecule has 0 amide bonds. The molecule has 0 spiro atoms. The van der Waals surface area contributed by atoms with Crippen LogP contribution in [0.5, 0.6) is 5.75 Å². The standard InChI is InChI=1S/C15H12BrClO3S/c1-20-14-5-2-10(17)6-9(14)8-21-11-3-4-13(16)12(7-11)15(18)19/h2-7H,8H2,1H3,(H,18,19). The van der Waals surface area contributed by atoms with Gasteiger partial charge in [0, 0.05) is 25.7 Å². The predicted molar refractivity (Wildman–Crippen MR) is 88.7 cm³/mol. The third-order valence-corrected chi connectivity index (χ3v) is 4.77. The number of ether oxygens (including phenoxy) is 1. The Morgan fingerprint density at radius 3 is 2.76 bits per heavy atom. The number of rotatable bonds is 5. The zero-order valence-corrected chi connectivity index (χ0v) is 14.3. The van der Waals surface area contributed by atoms with Crippen LogP contribution < -0.4 is 4.74 Å². The first-order chi connectivity index (χ1) is 10.0. The molecule has 0 unspecified atom stereocenters. The maximum Gasteiger partial charge on any atom is 0.336 e. The number of benzene rings is 2. The summed E-state index contributed by atoms with van der Waals surface area (Å²) in [6, 6.07) is 10.7. The van der Waals surface area contributed by atoms with Gasteiger partial charge in [-0.1, -0.05) is 11.6 Å². The normalized spacial score (nSPS) is 10.4. The second-order valence-electron chi connectivity index (χ2n) is 4.19. The van der Waals surface area contributed by atoms with Crippen molar-refractivity contribution in [3.8, 4) is 5.75 Å². The number of aromatic carboxylic acids is 1. The molecule has 0 bridgehead atoms. The number of carboxylic acid groups (broad SMARTS) is 1. The first-order valence-electron chi connectivity index (χ1n) is 5.99. The van der Waals surface area contributed by atoms with Crippen molar-refractivity contribution in [2.24, 2.45) is 0 Å². The molecule has 0 aliphatic heterocycles. The van der Waals surface area contributed by atoms with Crippen LogP contribution in [0, 0.1) is 0 Å². The van der Waals surface area contributed by atoms with Crippen LogP contribution in [-0.4, -0.2) is 18.2 Å². The van der Waals surface area contributed by atoms with E-state index in [2.05, 4.69) is 15.9 Å². The highest BCUT2D eigenvalue weighted by Gasteiger charge is 2.10. The first kappa shape index (κ1) is 16.2. The molecule has 0 radical (unpaired) electrons. The van der Waals surface area contributed by atoms with E-state index in [9.17, 15) is 4.79 Å². The molecule has 2 aromatic rings. The van der Waals surface area contributed by atoms with Crippen LogP contribution in [0.15, 0.2) is 45.8 Å².